The lowest BCUT2D eigenvalue weighted by molar-refractivity contribution is 0.181. The van der Waals surface area contributed by atoms with E-state index >= 15 is 0 Å². The monoisotopic (exact) mass is 231 g/mol. The van der Waals surface area contributed by atoms with Crippen LogP contribution in [-0.2, 0) is 13.0 Å². The molecule has 0 aromatic heterocycles. The Kier molecular flexibility index (Phi) is 2.81. The van der Waals surface area contributed by atoms with Crippen LogP contribution in [0.3, 0.4) is 0 Å². The zero-order chi connectivity index (χ0) is 11.8. The maximum atomic E-state index is 6.09. The Bertz CT molecular complexity index is 416. The van der Waals surface area contributed by atoms with E-state index < -0.39 is 0 Å². The first-order valence-corrected chi connectivity index (χ1v) is 6.53. The molecule has 0 radical (unpaired) electrons. The highest BCUT2D eigenvalue weighted by atomic mass is 15.2. The van der Waals surface area contributed by atoms with E-state index in [0.29, 0.717) is 0 Å². The van der Waals surface area contributed by atoms with E-state index in [9.17, 15) is 0 Å². The molecule has 2 aliphatic heterocycles. The second-order valence-electron chi connectivity index (χ2n) is 5.41. The van der Waals surface area contributed by atoms with Crippen molar-refractivity contribution in [2.75, 3.05) is 32.4 Å². The summed E-state index contributed by atoms with van der Waals surface area (Å²) < 4.78 is 0. The van der Waals surface area contributed by atoms with Crippen molar-refractivity contribution in [1.82, 2.24) is 9.80 Å². The molecule has 0 amide bonds. The first kappa shape index (κ1) is 11.1. The summed E-state index contributed by atoms with van der Waals surface area (Å²) in [5.74, 6) is 0. The van der Waals surface area contributed by atoms with Crippen molar-refractivity contribution in [3.63, 3.8) is 0 Å². The van der Waals surface area contributed by atoms with Crippen LogP contribution < -0.4 is 5.73 Å². The highest BCUT2D eigenvalue weighted by molar-refractivity contribution is 5.51. The minimum Gasteiger partial charge on any atom is -0.398 e. The molecule has 2 N–H and O–H groups in total. The molecular weight excluding hydrogens is 210 g/mol. The fourth-order valence-corrected chi connectivity index (χ4v) is 3.15. The summed E-state index contributed by atoms with van der Waals surface area (Å²) in [6.07, 6.45) is 2.46. The van der Waals surface area contributed by atoms with Crippen LogP contribution in [0.5, 0.6) is 0 Å². The maximum Gasteiger partial charge on any atom is 0.0362 e. The number of nitrogen functional groups attached to an aromatic ring is 1. The predicted octanol–water partition coefficient (Wildman–Crippen LogP) is 1.33. The smallest absolute Gasteiger partial charge is 0.0362 e. The van der Waals surface area contributed by atoms with Crippen molar-refractivity contribution in [3.8, 4) is 0 Å². The fourth-order valence-electron chi connectivity index (χ4n) is 3.15. The van der Waals surface area contributed by atoms with Gasteiger partial charge in [-0.2, -0.15) is 0 Å². The van der Waals surface area contributed by atoms with Crippen LogP contribution in [0.2, 0.25) is 0 Å². The number of nitrogens with two attached hydrogens (primary N) is 1. The molecule has 3 rings (SSSR count). The lowest BCUT2D eigenvalue weighted by atomic mass is 9.97. The van der Waals surface area contributed by atoms with Gasteiger partial charge in [-0.05, 0) is 43.6 Å². The number of hydrogen-bond donors (Lipinski definition) is 1. The zero-order valence-electron chi connectivity index (χ0n) is 10.5. The normalized spacial score (nSPS) is 26.1. The molecule has 2 aliphatic rings. The standard InChI is InChI=1S/C14H21N3/c1-16-7-6-12(9-16)17-8-5-11-3-2-4-14(15)13(11)10-17/h2-4,12H,5-10,15H2,1H3. The van der Waals surface area contributed by atoms with E-state index in [-0.39, 0.29) is 0 Å². The minimum atomic E-state index is 0.729. The van der Waals surface area contributed by atoms with Crippen molar-refractivity contribution in [3.05, 3.63) is 29.3 Å². The Hall–Kier alpha value is -1.06. The Morgan fingerprint density at radius 2 is 2.18 bits per heavy atom. The maximum absolute atomic E-state index is 6.09. The van der Waals surface area contributed by atoms with Gasteiger partial charge in [-0.25, -0.2) is 0 Å². The molecule has 3 nitrogen and oxygen atoms in total. The molecule has 0 aliphatic carbocycles. The van der Waals surface area contributed by atoms with Gasteiger partial charge in [-0.3, -0.25) is 4.90 Å². The van der Waals surface area contributed by atoms with Crippen molar-refractivity contribution in [2.24, 2.45) is 0 Å². The number of fused-ring (bicyclic) bond motifs is 1. The Labute approximate surface area is 103 Å². The Morgan fingerprint density at radius 3 is 2.94 bits per heavy atom. The number of likely N-dealkylation sites (tertiary alicyclic amines) is 1. The first-order valence-electron chi connectivity index (χ1n) is 6.53. The number of benzene rings is 1. The number of nitrogens with zero attached hydrogens (tertiary/aromatic N) is 2. The van der Waals surface area contributed by atoms with Crippen molar-refractivity contribution in [2.45, 2.75) is 25.4 Å². The quantitative estimate of drug-likeness (QED) is 0.740. The summed E-state index contributed by atoms with van der Waals surface area (Å²) in [7, 11) is 2.21. The van der Waals surface area contributed by atoms with Gasteiger partial charge in [0.15, 0.2) is 0 Å². The second kappa shape index (κ2) is 4.31. The average Bonchev–Trinajstić information content (AvgIpc) is 2.76. The second-order valence-corrected chi connectivity index (χ2v) is 5.41. The largest absolute Gasteiger partial charge is 0.398 e. The van der Waals surface area contributed by atoms with Crippen molar-refractivity contribution < 1.29 is 0 Å². The molecular formula is C14H21N3. The van der Waals surface area contributed by atoms with Gasteiger partial charge in [0.05, 0.1) is 0 Å². The van der Waals surface area contributed by atoms with E-state index in [1.807, 2.05) is 6.07 Å². The van der Waals surface area contributed by atoms with Crippen LogP contribution in [0.4, 0.5) is 5.69 Å². The zero-order valence-corrected chi connectivity index (χ0v) is 10.5. The molecule has 1 saturated heterocycles. The number of hydrogen-bond acceptors (Lipinski definition) is 3. The lowest BCUT2D eigenvalue weighted by Gasteiger charge is -2.34. The summed E-state index contributed by atoms with van der Waals surface area (Å²) >= 11 is 0. The highest BCUT2D eigenvalue weighted by Crippen LogP contribution is 2.27. The van der Waals surface area contributed by atoms with Crippen LogP contribution >= 0.6 is 0 Å². The summed E-state index contributed by atoms with van der Waals surface area (Å²) in [4.78, 5) is 5.04. The summed E-state index contributed by atoms with van der Waals surface area (Å²) in [5, 5.41) is 0. The third-order valence-corrected chi connectivity index (χ3v) is 4.22. The molecule has 0 saturated carbocycles. The van der Waals surface area contributed by atoms with Crippen LogP contribution in [0.25, 0.3) is 0 Å². The van der Waals surface area contributed by atoms with Gasteiger partial charge in [-0.1, -0.05) is 12.1 Å². The van der Waals surface area contributed by atoms with Crippen LogP contribution in [0.1, 0.15) is 17.5 Å². The van der Waals surface area contributed by atoms with Gasteiger partial charge in [0.2, 0.25) is 0 Å². The average molecular weight is 231 g/mol. The fraction of sp³-hybridized carbons (Fsp3) is 0.571. The van der Waals surface area contributed by atoms with Crippen molar-refractivity contribution >= 4 is 5.69 Å². The molecule has 0 spiro atoms. The summed E-state index contributed by atoms with van der Waals surface area (Å²) in [5.41, 5.74) is 9.88. The minimum absolute atomic E-state index is 0.729. The van der Waals surface area contributed by atoms with Crippen molar-refractivity contribution in [1.29, 1.82) is 0 Å². The molecule has 1 aromatic carbocycles. The van der Waals surface area contributed by atoms with Gasteiger partial charge < -0.3 is 10.6 Å². The van der Waals surface area contributed by atoms with E-state index in [0.717, 1.165) is 24.7 Å². The number of rotatable bonds is 1. The molecule has 17 heavy (non-hydrogen) atoms. The number of likely N-dealkylation sites (N-methyl/N-ethyl adjacent to an activating group) is 1. The van der Waals surface area contributed by atoms with E-state index in [1.54, 1.807) is 0 Å². The first-order chi connectivity index (χ1) is 8.24. The van der Waals surface area contributed by atoms with Crippen LogP contribution in [0.15, 0.2) is 18.2 Å². The Morgan fingerprint density at radius 1 is 1.29 bits per heavy atom. The topological polar surface area (TPSA) is 32.5 Å². The molecule has 1 atom stereocenters. The van der Waals surface area contributed by atoms with E-state index in [2.05, 4.69) is 29.0 Å². The highest BCUT2D eigenvalue weighted by Gasteiger charge is 2.28. The lowest BCUT2D eigenvalue weighted by Crippen LogP contribution is -2.40. The molecule has 1 aromatic rings. The van der Waals surface area contributed by atoms with Gasteiger partial charge >= 0.3 is 0 Å². The summed E-state index contributed by atoms with van der Waals surface area (Å²) in [6, 6.07) is 7.06. The Balaban J connectivity index is 1.78. The molecule has 0 bridgehead atoms. The van der Waals surface area contributed by atoms with Crippen LogP contribution in [0, 0.1) is 0 Å². The molecule has 2 heterocycles. The van der Waals surface area contributed by atoms with Gasteiger partial charge in [-0.15, -0.1) is 0 Å². The third-order valence-electron chi connectivity index (χ3n) is 4.22. The van der Waals surface area contributed by atoms with E-state index in [1.165, 1.54) is 37.2 Å². The SMILES string of the molecule is CN1CCC(N2CCc3cccc(N)c3C2)C1. The van der Waals surface area contributed by atoms with Gasteiger partial charge in [0, 0.05) is 31.4 Å². The van der Waals surface area contributed by atoms with E-state index in [4.69, 9.17) is 5.73 Å². The summed E-state index contributed by atoms with van der Waals surface area (Å²) in [6.45, 7) is 4.68. The van der Waals surface area contributed by atoms with Crippen LogP contribution in [-0.4, -0.2) is 42.5 Å². The molecule has 3 heteroatoms. The predicted molar refractivity (Wildman–Crippen MR) is 70.9 cm³/mol. The van der Waals surface area contributed by atoms with Gasteiger partial charge in [0.1, 0.15) is 0 Å². The number of anilines is 1. The van der Waals surface area contributed by atoms with Gasteiger partial charge in [0.25, 0.3) is 0 Å². The molecule has 1 fully saturated rings. The molecule has 92 valence electrons. The third kappa shape index (κ3) is 2.05. The molecule has 1 unspecified atom stereocenters.